The molecule has 1 N–H and O–H groups in total. The zero-order chi connectivity index (χ0) is 9.84. The van der Waals surface area contributed by atoms with E-state index in [4.69, 9.17) is 4.74 Å². The van der Waals surface area contributed by atoms with E-state index in [0.717, 1.165) is 0 Å². The van der Waals surface area contributed by atoms with E-state index in [-0.39, 0.29) is 0 Å². The second kappa shape index (κ2) is 4.58. The number of aliphatic hydroxyl groups excluding tert-OH is 1. The summed E-state index contributed by atoms with van der Waals surface area (Å²) in [5, 5.41) is 9.23. The Morgan fingerprint density at radius 2 is 2.31 bits per heavy atom. The summed E-state index contributed by atoms with van der Waals surface area (Å²) in [6, 6.07) is 5.00. The van der Waals surface area contributed by atoms with Gasteiger partial charge in [0.25, 0.3) is 0 Å². The zero-order valence-corrected chi connectivity index (χ0v) is 8.71. The molecule has 0 amide bonds. The third kappa shape index (κ3) is 2.42. The summed E-state index contributed by atoms with van der Waals surface area (Å²) in [4.78, 5) is 0. The van der Waals surface area contributed by atoms with Crippen molar-refractivity contribution in [2.24, 2.45) is 0 Å². The zero-order valence-electron chi connectivity index (χ0n) is 7.13. The van der Waals surface area contributed by atoms with Gasteiger partial charge in [0.1, 0.15) is 18.5 Å². The van der Waals surface area contributed by atoms with E-state index in [1.54, 1.807) is 25.3 Å². The minimum atomic E-state index is -1.07. The van der Waals surface area contributed by atoms with E-state index in [1.807, 2.05) is 0 Å². The smallest absolute Gasteiger partial charge is 0.120 e. The molecule has 0 aliphatic heterocycles. The molecule has 1 aromatic carbocycles. The number of rotatable bonds is 3. The topological polar surface area (TPSA) is 29.5 Å². The molecule has 0 bridgehead atoms. The lowest BCUT2D eigenvalue weighted by molar-refractivity contribution is 0.141. The van der Waals surface area contributed by atoms with Crippen molar-refractivity contribution in [3.8, 4) is 5.75 Å². The molecule has 0 fully saturated rings. The van der Waals surface area contributed by atoms with Gasteiger partial charge in [-0.05, 0) is 17.7 Å². The van der Waals surface area contributed by atoms with Crippen LogP contribution in [-0.4, -0.2) is 18.9 Å². The van der Waals surface area contributed by atoms with Crippen LogP contribution in [0.5, 0.6) is 5.75 Å². The lowest BCUT2D eigenvalue weighted by atomic mass is 10.1. The first kappa shape index (κ1) is 10.5. The largest absolute Gasteiger partial charge is 0.497 e. The molecule has 1 atom stereocenters. The van der Waals surface area contributed by atoms with Crippen molar-refractivity contribution in [2.75, 3.05) is 13.8 Å². The van der Waals surface area contributed by atoms with Gasteiger partial charge in [0.05, 0.1) is 7.11 Å². The Kier molecular flexibility index (Phi) is 3.69. The third-order valence-corrected chi connectivity index (χ3v) is 2.40. The molecule has 0 aliphatic carbocycles. The molecule has 0 heterocycles. The molecule has 0 spiro atoms. The molecule has 1 aromatic rings. The molecule has 1 rings (SSSR count). The highest BCUT2D eigenvalue weighted by atomic mass is 79.9. The van der Waals surface area contributed by atoms with Gasteiger partial charge < -0.3 is 9.84 Å². The minimum Gasteiger partial charge on any atom is -0.497 e. The quantitative estimate of drug-likeness (QED) is 0.891. The highest BCUT2D eigenvalue weighted by molar-refractivity contribution is 9.10. The maximum atomic E-state index is 12.1. The highest BCUT2D eigenvalue weighted by Crippen LogP contribution is 2.27. The van der Waals surface area contributed by atoms with E-state index in [2.05, 4.69) is 15.9 Å². The molecule has 0 aliphatic rings. The predicted molar refractivity (Wildman–Crippen MR) is 51.6 cm³/mol. The fourth-order valence-corrected chi connectivity index (χ4v) is 1.61. The fourth-order valence-electron chi connectivity index (χ4n) is 0.988. The van der Waals surface area contributed by atoms with Gasteiger partial charge in [0.15, 0.2) is 0 Å². The number of aliphatic hydroxyl groups is 1. The third-order valence-electron chi connectivity index (χ3n) is 1.71. The second-order valence-corrected chi connectivity index (χ2v) is 3.41. The summed E-state index contributed by atoms with van der Waals surface area (Å²) in [6.07, 6.45) is -1.07. The average molecular weight is 249 g/mol. The van der Waals surface area contributed by atoms with Crippen LogP contribution in [0.25, 0.3) is 0 Å². The van der Waals surface area contributed by atoms with Gasteiger partial charge in [-0.15, -0.1) is 0 Å². The van der Waals surface area contributed by atoms with Gasteiger partial charge in [-0.3, -0.25) is 0 Å². The van der Waals surface area contributed by atoms with Gasteiger partial charge in [-0.1, -0.05) is 22.0 Å². The lowest BCUT2D eigenvalue weighted by Crippen LogP contribution is -2.00. The normalized spacial score (nSPS) is 12.6. The summed E-state index contributed by atoms with van der Waals surface area (Å²) < 4.78 is 17.7. The molecule has 0 saturated carbocycles. The number of methoxy groups -OCH3 is 1. The van der Waals surface area contributed by atoms with Crippen LogP contribution >= 0.6 is 15.9 Å². The molecule has 1 unspecified atom stereocenters. The predicted octanol–water partition coefficient (Wildman–Crippen LogP) is 2.46. The van der Waals surface area contributed by atoms with Crippen LogP contribution in [0.1, 0.15) is 11.7 Å². The number of alkyl halides is 1. The summed E-state index contributed by atoms with van der Waals surface area (Å²) in [6.45, 7) is -0.787. The van der Waals surface area contributed by atoms with Crippen molar-refractivity contribution in [3.05, 3.63) is 28.2 Å². The van der Waals surface area contributed by atoms with Gasteiger partial charge in [0.2, 0.25) is 0 Å². The van der Waals surface area contributed by atoms with Crippen molar-refractivity contribution < 1.29 is 14.2 Å². The van der Waals surface area contributed by atoms with Crippen LogP contribution in [0, 0.1) is 0 Å². The van der Waals surface area contributed by atoms with Crippen LogP contribution < -0.4 is 4.74 Å². The van der Waals surface area contributed by atoms with E-state index < -0.39 is 12.8 Å². The first-order valence-electron chi connectivity index (χ1n) is 3.76. The lowest BCUT2D eigenvalue weighted by Gasteiger charge is -2.09. The van der Waals surface area contributed by atoms with Crippen LogP contribution in [0.2, 0.25) is 0 Å². The van der Waals surface area contributed by atoms with Crippen molar-refractivity contribution in [1.29, 1.82) is 0 Å². The summed E-state index contributed by atoms with van der Waals surface area (Å²) >= 11 is 3.22. The fraction of sp³-hybridized carbons (Fsp3) is 0.333. The Hall–Kier alpha value is -0.610. The van der Waals surface area contributed by atoms with E-state index >= 15 is 0 Å². The average Bonchev–Trinajstić information content (AvgIpc) is 2.16. The van der Waals surface area contributed by atoms with Crippen molar-refractivity contribution in [3.63, 3.8) is 0 Å². The monoisotopic (exact) mass is 248 g/mol. The standard InChI is InChI=1S/C9H10BrFO2/c1-13-6-2-3-7(8(10)4-6)9(12)5-11/h2-4,9,12H,5H2,1H3. The first-order valence-corrected chi connectivity index (χ1v) is 4.55. The molecule has 4 heteroatoms. The summed E-state index contributed by atoms with van der Waals surface area (Å²) in [7, 11) is 1.55. The first-order chi connectivity index (χ1) is 6.19. The van der Waals surface area contributed by atoms with Crippen molar-refractivity contribution in [2.45, 2.75) is 6.10 Å². The number of halogens is 2. The SMILES string of the molecule is COc1ccc(C(O)CF)c(Br)c1. The maximum absolute atomic E-state index is 12.1. The Labute approximate surface area is 84.5 Å². The number of hydrogen-bond acceptors (Lipinski definition) is 2. The number of hydrogen-bond donors (Lipinski definition) is 1. The summed E-state index contributed by atoms with van der Waals surface area (Å²) in [5.41, 5.74) is 0.531. The van der Waals surface area contributed by atoms with Gasteiger partial charge >= 0.3 is 0 Å². The molecule has 2 nitrogen and oxygen atoms in total. The Morgan fingerprint density at radius 1 is 1.62 bits per heavy atom. The molecular formula is C9H10BrFO2. The molecule has 0 saturated heterocycles. The number of ether oxygens (including phenoxy) is 1. The molecule has 72 valence electrons. The van der Waals surface area contributed by atoms with Gasteiger partial charge in [-0.25, -0.2) is 4.39 Å². The molecule has 0 aromatic heterocycles. The minimum absolute atomic E-state index is 0.531. The summed E-state index contributed by atoms with van der Waals surface area (Å²) in [5.74, 6) is 0.668. The Morgan fingerprint density at radius 3 is 2.77 bits per heavy atom. The van der Waals surface area contributed by atoms with Crippen LogP contribution in [0.3, 0.4) is 0 Å². The van der Waals surface area contributed by atoms with Crippen LogP contribution in [0.4, 0.5) is 4.39 Å². The number of benzene rings is 1. The maximum Gasteiger partial charge on any atom is 0.120 e. The highest BCUT2D eigenvalue weighted by Gasteiger charge is 2.10. The van der Waals surface area contributed by atoms with Crippen molar-refractivity contribution in [1.82, 2.24) is 0 Å². The van der Waals surface area contributed by atoms with E-state index in [1.165, 1.54) is 0 Å². The molecule has 13 heavy (non-hydrogen) atoms. The Balaban J connectivity index is 2.98. The van der Waals surface area contributed by atoms with Gasteiger partial charge in [-0.2, -0.15) is 0 Å². The molecular weight excluding hydrogens is 239 g/mol. The molecule has 0 radical (unpaired) electrons. The second-order valence-electron chi connectivity index (χ2n) is 2.56. The van der Waals surface area contributed by atoms with Gasteiger partial charge in [0, 0.05) is 4.47 Å². The van der Waals surface area contributed by atoms with E-state index in [0.29, 0.717) is 15.8 Å². The van der Waals surface area contributed by atoms with Crippen LogP contribution in [0.15, 0.2) is 22.7 Å². The van der Waals surface area contributed by atoms with Crippen molar-refractivity contribution >= 4 is 15.9 Å². The van der Waals surface area contributed by atoms with E-state index in [9.17, 15) is 9.50 Å². The Bertz CT molecular complexity index is 291. The van der Waals surface area contributed by atoms with Crippen LogP contribution in [-0.2, 0) is 0 Å².